The molecule has 0 aliphatic rings. The van der Waals surface area contributed by atoms with Crippen LogP contribution in [0.3, 0.4) is 0 Å². The third-order valence-electron chi connectivity index (χ3n) is 0.839. The Morgan fingerprint density at radius 1 is 1.80 bits per heavy atom. The zero-order valence-corrected chi connectivity index (χ0v) is 6.98. The van der Waals surface area contributed by atoms with Crippen LogP contribution >= 0.6 is 0 Å². The smallest absolute Gasteiger partial charge is 0.233 e. The van der Waals surface area contributed by atoms with E-state index in [2.05, 4.69) is 4.72 Å². The first-order valence-electron chi connectivity index (χ1n) is 3.15. The normalized spacial score (nSPS) is 16.7. The molecular formula is C5H13NO3S. The molecule has 4 nitrogen and oxygen atoms in total. The molecule has 0 fully saturated rings. The Hall–Kier alpha value is 0.0300. The van der Waals surface area contributed by atoms with Gasteiger partial charge in [0.05, 0.1) is 0 Å². The summed E-state index contributed by atoms with van der Waals surface area (Å²) < 4.78 is 25.7. The third-order valence-corrected chi connectivity index (χ3v) is 1.37. The minimum Gasteiger partial charge on any atom is -0.363 e. The van der Waals surface area contributed by atoms with Crippen molar-refractivity contribution in [2.75, 3.05) is 6.61 Å². The molecular weight excluding hydrogens is 154 g/mol. The second-order valence-electron chi connectivity index (χ2n) is 1.88. The van der Waals surface area contributed by atoms with Gasteiger partial charge >= 0.3 is 0 Å². The van der Waals surface area contributed by atoms with Gasteiger partial charge in [-0.3, -0.25) is 4.55 Å². The molecule has 0 aromatic rings. The molecule has 0 spiro atoms. The van der Waals surface area contributed by atoms with Crippen molar-refractivity contribution in [1.29, 1.82) is 0 Å². The highest BCUT2D eigenvalue weighted by atomic mass is 32.2. The molecule has 0 radical (unpaired) electrons. The third kappa shape index (κ3) is 6.15. The molecule has 0 rings (SSSR count). The highest BCUT2D eigenvalue weighted by Crippen LogP contribution is 1.87. The van der Waals surface area contributed by atoms with E-state index in [1.54, 1.807) is 6.92 Å². The SMILES string of the molecule is CCCOC(C)NS(=O)O. The Morgan fingerprint density at radius 2 is 2.40 bits per heavy atom. The fourth-order valence-corrected chi connectivity index (χ4v) is 0.823. The predicted octanol–water partition coefficient (Wildman–Crippen LogP) is 0.485. The van der Waals surface area contributed by atoms with Gasteiger partial charge < -0.3 is 4.74 Å². The van der Waals surface area contributed by atoms with Crippen LogP contribution in [-0.2, 0) is 16.0 Å². The minimum absolute atomic E-state index is 0.356. The van der Waals surface area contributed by atoms with Crippen LogP contribution in [0.5, 0.6) is 0 Å². The summed E-state index contributed by atoms with van der Waals surface area (Å²) in [6, 6.07) is 0. The second kappa shape index (κ2) is 5.79. The first kappa shape index (κ1) is 10.0. The van der Waals surface area contributed by atoms with Gasteiger partial charge in [-0.05, 0) is 13.3 Å². The van der Waals surface area contributed by atoms with E-state index in [4.69, 9.17) is 9.29 Å². The molecule has 0 aliphatic heterocycles. The van der Waals surface area contributed by atoms with Crippen LogP contribution in [0, 0.1) is 0 Å². The topological polar surface area (TPSA) is 58.6 Å². The highest BCUT2D eigenvalue weighted by Gasteiger charge is 2.01. The van der Waals surface area contributed by atoms with E-state index in [-0.39, 0.29) is 6.23 Å². The Balaban J connectivity index is 3.25. The van der Waals surface area contributed by atoms with E-state index in [9.17, 15) is 4.21 Å². The van der Waals surface area contributed by atoms with Gasteiger partial charge in [0.25, 0.3) is 0 Å². The predicted molar refractivity (Wildman–Crippen MR) is 39.6 cm³/mol. The summed E-state index contributed by atoms with van der Waals surface area (Å²) in [7, 11) is 0. The molecule has 0 aliphatic carbocycles. The summed E-state index contributed by atoms with van der Waals surface area (Å²) in [5, 5.41) is 0. The Labute approximate surface area is 63.4 Å². The molecule has 0 saturated carbocycles. The number of ether oxygens (including phenoxy) is 1. The van der Waals surface area contributed by atoms with Gasteiger partial charge in [0, 0.05) is 6.61 Å². The number of hydrogen-bond donors (Lipinski definition) is 2. The summed E-state index contributed by atoms with van der Waals surface area (Å²) in [5.74, 6) is 0. The second-order valence-corrected chi connectivity index (χ2v) is 2.61. The summed E-state index contributed by atoms with van der Waals surface area (Å²) >= 11 is -1.97. The Morgan fingerprint density at radius 3 is 2.80 bits per heavy atom. The van der Waals surface area contributed by atoms with Crippen LogP contribution in [0.2, 0.25) is 0 Å². The Kier molecular flexibility index (Phi) is 5.81. The maximum Gasteiger partial charge on any atom is 0.233 e. The van der Waals surface area contributed by atoms with Crippen molar-refractivity contribution in [2.45, 2.75) is 26.5 Å². The van der Waals surface area contributed by atoms with E-state index < -0.39 is 11.3 Å². The summed E-state index contributed by atoms with van der Waals surface area (Å²) in [6.07, 6.45) is 0.551. The monoisotopic (exact) mass is 167 g/mol. The lowest BCUT2D eigenvalue weighted by Crippen LogP contribution is -2.30. The fraction of sp³-hybridized carbons (Fsp3) is 1.00. The van der Waals surface area contributed by atoms with Gasteiger partial charge in [-0.1, -0.05) is 6.92 Å². The van der Waals surface area contributed by atoms with E-state index in [1.807, 2.05) is 6.92 Å². The average Bonchev–Trinajstić information content (AvgIpc) is 1.82. The average molecular weight is 167 g/mol. The number of hydrogen-bond acceptors (Lipinski definition) is 2. The quantitative estimate of drug-likeness (QED) is 0.462. The zero-order chi connectivity index (χ0) is 7.98. The maximum absolute atomic E-state index is 10.1. The molecule has 2 unspecified atom stereocenters. The molecule has 10 heavy (non-hydrogen) atoms. The lowest BCUT2D eigenvalue weighted by atomic mass is 10.5. The van der Waals surface area contributed by atoms with Crippen LogP contribution in [-0.4, -0.2) is 21.6 Å². The van der Waals surface area contributed by atoms with Gasteiger partial charge in [0.15, 0.2) is 0 Å². The Bertz CT molecular complexity index is 109. The lowest BCUT2D eigenvalue weighted by Gasteiger charge is -2.10. The van der Waals surface area contributed by atoms with Crippen LogP contribution in [0.1, 0.15) is 20.3 Å². The molecule has 0 bridgehead atoms. The largest absolute Gasteiger partial charge is 0.363 e. The van der Waals surface area contributed by atoms with Crippen molar-refractivity contribution in [1.82, 2.24) is 4.72 Å². The fourth-order valence-electron chi connectivity index (χ4n) is 0.471. The minimum atomic E-state index is -1.97. The van der Waals surface area contributed by atoms with Gasteiger partial charge in [-0.15, -0.1) is 0 Å². The van der Waals surface area contributed by atoms with E-state index in [1.165, 1.54) is 0 Å². The van der Waals surface area contributed by atoms with Crippen LogP contribution in [0.4, 0.5) is 0 Å². The van der Waals surface area contributed by atoms with E-state index >= 15 is 0 Å². The molecule has 2 N–H and O–H groups in total. The summed E-state index contributed by atoms with van der Waals surface area (Å²) in [4.78, 5) is 0. The summed E-state index contributed by atoms with van der Waals surface area (Å²) in [5.41, 5.74) is 0. The van der Waals surface area contributed by atoms with Gasteiger partial charge in [0.1, 0.15) is 6.23 Å². The van der Waals surface area contributed by atoms with Crippen LogP contribution in [0.15, 0.2) is 0 Å². The van der Waals surface area contributed by atoms with Crippen molar-refractivity contribution in [3.63, 3.8) is 0 Å². The molecule has 2 atom stereocenters. The maximum atomic E-state index is 10.1. The van der Waals surface area contributed by atoms with Crippen molar-refractivity contribution in [3.05, 3.63) is 0 Å². The van der Waals surface area contributed by atoms with Crippen molar-refractivity contribution in [3.8, 4) is 0 Å². The van der Waals surface area contributed by atoms with Crippen molar-refractivity contribution in [2.24, 2.45) is 0 Å². The standard InChI is InChI=1S/C5H13NO3S/c1-3-4-9-5(2)6-10(7)8/h5-6H,3-4H2,1-2H3,(H,7,8). The molecule has 0 heterocycles. The van der Waals surface area contributed by atoms with Crippen molar-refractivity contribution >= 4 is 11.3 Å². The summed E-state index contributed by atoms with van der Waals surface area (Å²) in [6.45, 7) is 4.26. The van der Waals surface area contributed by atoms with Crippen LogP contribution < -0.4 is 4.72 Å². The first-order chi connectivity index (χ1) is 4.66. The molecule has 0 saturated heterocycles. The van der Waals surface area contributed by atoms with Crippen molar-refractivity contribution < 1.29 is 13.5 Å². The number of nitrogens with one attached hydrogen (secondary N) is 1. The first-order valence-corrected chi connectivity index (χ1v) is 4.26. The van der Waals surface area contributed by atoms with Crippen LogP contribution in [0.25, 0.3) is 0 Å². The van der Waals surface area contributed by atoms with Gasteiger partial charge in [-0.25, -0.2) is 4.21 Å². The number of rotatable bonds is 5. The molecule has 0 amide bonds. The molecule has 0 aromatic carbocycles. The molecule has 5 heteroatoms. The van der Waals surface area contributed by atoms with E-state index in [0.717, 1.165) is 6.42 Å². The lowest BCUT2D eigenvalue weighted by molar-refractivity contribution is 0.0591. The zero-order valence-electron chi connectivity index (χ0n) is 6.16. The highest BCUT2D eigenvalue weighted by molar-refractivity contribution is 7.77. The molecule has 62 valence electrons. The van der Waals surface area contributed by atoms with Gasteiger partial charge in [-0.2, -0.15) is 4.72 Å². The molecule has 0 aromatic heterocycles. The van der Waals surface area contributed by atoms with E-state index in [0.29, 0.717) is 6.61 Å². The van der Waals surface area contributed by atoms with Gasteiger partial charge in [0.2, 0.25) is 11.3 Å².